The predicted molar refractivity (Wildman–Crippen MR) is 112 cm³/mol. The van der Waals surface area contributed by atoms with Crippen LogP contribution in [0.25, 0.3) is 22.6 Å². The monoisotopic (exact) mass is 382 g/mol. The average molecular weight is 382 g/mol. The van der Waals surface area contributed by atoms with Gasteiger partial charge < -0.3 is 9.73 Å². The summed E-state index contributed by atoms with van der Waals surface area (Å²) in [6, 6.07) is 21.4. The highest BCUT2D eigenvalue weighted by Crippen LogP contribution is 2.35. The lowest BCUT2D eigenvalue weighted by atomic mass is 10.00. The molecule has 4 aromatic rings. The maximum absolute atomic E-state index is 12.5. The van der Waals surface area contributed by atoms with Gasteiger partial charge in [0.15, 0.2) is 0 Å². The maximum Gasteiger partial charge on any atom is 0.237 e. The third kappa shape index (κ3) is 3.14. The van der Waals surface area contributed by atoms with Crippen LogP contribution in [-0.4, -0.2) is 21.9 Å². The van der Waals surface area contributed by atoms with E-state index in [9.17, 15) is 4.79 Å². The highest BCUT2D eigenvalue weighted by Gasteiger charge is 2.29. The summed E-state index contributed by atoms with van der Waals surface area (Å²) in [7, 11) is 1.84. The Morgan fingerprint density at radius 2 is 1.93 bits per heavy atom. The van der Waals surface area contributed by atoms with Crippen LogP contribution in [0.4, 0.5) is 11.5 Å². The Kier molecular flexibility index (Phi) is 4.09. The molecule has 29 heavy (non-hydrogen) atoms. The molecule has 0 bridgehead atoms. The molecule has 1 atom stereocenters. The maximum atomic E-state index is 12.5. The van der Waals surface area contributed by atoms with E-state index in [0.29, 0.717) is 5.82 Å². The third-order valence-electron chi connectivity index (χ3n) is 5.01. The number of furan rings is 1. The largest absolute Gasteiger partial charge is 0.464 e. The number of aryl methyl sites for hydroxylation is 1. The highest BCUT2D eigenvalue weighted by molar-refractivity contribution is 6.13. The third-order valence-corrected chi connectivity index (χ3v) is 5.01. The molecule has 0 radical (unpaired) electrons. The molecule has 5 rings (SSSR count). The topological polar surface area (TPSA) is 72.4 Å². The molecule has 1 aliphatic rings. The molecule has 0 saturated carbocycles. The van der Waals surface area contributed by atoms with E-state index in [0.717, 1.165) is 33.8 Å². The first-order valence-corrected chi connectivity index (χ1v) is 9.31. The van der Waals surface area contributed by atoms with Gasteiger partial charge in [0, 0.05) is 36.1 Å². The first kappa shape index (κ1) is 17.2. The second kappa shape index (κ2) is 6.91. The van der Waals surface area contributed by atoms with Gasteiger partial charge in [-0.1, -0.05) is 42.5 Å². The number of nitrogens with one attached hydrogen (secondary N) is 1. The smallest absolute Gasteiger partial charge is 0.237 e. The van der Waals surface area contributed by atoms with Crippen molar-refractivity contribution in [3.05, 3.63) is 78.6 Å². The van der Waals surface area contributed by atoms with Gasteiger partial charge in [-0.15, -0.1) is 0 Å². The summed E-state index contributed by atoms with van der Waals surface area (Å²) >= 11 is 0. The SMILES string of the molecule is Cn1nc(-c2ccccc2)cc1N=CC1C(=O)Nc2cc(-c3ccco3)ccc21. The van der Waals surface area contributed by atoms with Crippen LogP contribution in [0.5, 0.6) is 0 Å². The normalized spacial score (nSPS) is 15.6. The van der Waals surface area contributed by atoms with Crippen LogP contribution < -0.4 is 5.32 Å². The van der Waals surface area contributed by atoms with Crippen molar-refractivity contribution in [1.82, 2.24) is 9.78 Å². The molecule has 0 fully saturated rings. The molecule has 1 amide bonds. The fourth-order valence-electron chi connectivity index (χ4n) is 3.51. The number of hydrogen-bond donors (Lipinski definition) is 1. The van der Waals surface area contributed by atoms with Gasteiger partial charge in [0.25, 0.3) is 0 Å². The van der Waals surface area contributed by atoms with Crippen LogP contribution >= 0.6 is 0 Å². The van der Waals surface area contributed by atoms with Crippen molar-refractivity contribution in [2.45, 2.75) is 5.92 Å². The number of aromatic nitrogens is 2. The summed E-state index contributed by atoms with van der Waals surface area (Å²) in [5.41, 5.74) is 4.49. The van der Waals surface area contributed by atoms with Crippen molar-refractivity contribution in [2.24, 2.45) is 12.0 Å². The number of rotatable bonds is 4. The number of aliphatic imine (C=N–C) groups is 1. The number of carbonyl (C=O) groups excluding carboxylic acids is 1. The molecule has 1 aliphatic heterocycles. The number of nitrogens with zero attached hydrogens (tertiary/aromatic N) is 3. The number of amides is 1. The summed E-state index contributed by atoms with van der Waals surface area (Å²) in [6.45, 7) is 0. The van der Waals surface area contributed by atoms with Crippen LogP contribution in [0.3, 0.4) is 0 Å². The van der Waals surface area contributed by atoms with Gasteiger partial charge in [0.2, 0.25) is 5.91 Å². The summed E-state index contributed by atoms with van der Waals surface area (Å²) in [5.74, 6) is 0.927. The van der Waals surface area contributed by atoms with Gasteiger partial charge in [-0.2, -0.15) is 5.10 Å². The molecule has 2 aromatic carbocycles. The highest BCUT2D eigenvalue weighted by atomic mass is 16.3. The van der Waals surface area contributed by atoms with E-state index in [1.165, 1.54) is 0 Å². The van der Waals surface area contributed by atoms with Gasteiger partial charge in [-0.25, -0.2) is 4.99 Å². The summed E-state index contributed by atoms with van der Waals surface area (Å²) in [5, 5.41) is 7.46. The van der Waals surface area contributed by atoms with Gasteiger partial charge in [-0.3, -0.25) is 9.48 Å². The number of hydrogen-bond acceptors (Lipinski definition) is 4. The first-order valence-electron chi connectivity index (χ1n) is 9.31. The molecule has 0 aliphatic carbocycles. The quantitative estimate of drug-likeness (QED) is 0.516. The van der Waals surface area contributed by atoms with Gasteiger partial charge in [0.1, 0.15) is 17.5 Å². The molecule has 6 heteroatoms. The number of anilines is 1. The predicted octanol–water partition coefficient (Wildman–Crippen LogP) is 4.79. The van der Waals surface area contributed by atoms with E-state index in [1.54, 1.807) is 17.2 Å². The summed E-state index contributed by atoms with van der Waals surface area (Å²) < 4.78 is 7.16. The minimum atomic E-state index is -0.439. The van der Waals surface area contributed by atoms with Crippen molar-refractivity contribution in [3.8, 4) is 22.6 Å². The van der Waals surface area contributed by atoms with Crippen LogP contribution in [0.15, 0.2) is 82.4 Å². The van der Waals surface area contributed by atoms with Crippen LogP contribution in [-0.2, 0) is 11.8 Å². The molecule has 0 spiro atoms. The lowest BCUT2D eigenvalue weighted by Crippen LogP contribution is -2.12. The van der Waals surface area contributed by atoms with E-state index < -0.39 is 5.92 Å². The number of carbonyl (C=O) groups is 1. The van der Waals surface area contributed by atoms with E-state index in [2.05, 4.69) is 15.4 Å². The van der Waals surface area contributed by atoms with E-state index in [4.69, 9.17) is 4.42 Å². The van der Waals surface area contributed by atoms with E-state index >= 15 is 0 Å². The Morgan fingerprint density at radius 3 is 2.72 bits per heavy atom. The minimum Gasteiger partial charge on any atom is -0.464 e. The lowest BCUT2D eigenvalue weighted by molar-refractivity contribution is -0.115. The fraction of sp³-hybridized carbons (Fsp3) is 0.0870. The molecule has 3 heterocycles. The molecule has 1 unspecified atom stereocenters. The Morgan fingerprint density at radius 1 is 1.07 bits per heavy atom. The van der Waals surface area contributed by atoms with Crippen LogP contribution in [0, 0.1) is 0 Å². The zero-order chi connectivity index (χ0) is 19.8. The number of benzene rings is 2. The van der Waals surface area contributed by atoms with E-state index in [1.807, 2.05) is 73.8 Å². The Balaban J connectivity index is 1.43. The van der Waals surface area contributed by atoms with Crippen molar-refractivity contribution in [3.63, 3.8) is 0 Å². The Hall–Kier alpha value is -3.93. The van der Waals surface area contributed by atoms with Crippen molar-refractivity contribution in [1.29, 1.82) is 0 Å². The molecule has 1 N–H and O–H groups in total. The molecule has 6 nitrogen and oxygen atoms in total. The van der Waals surface area contributed by atoms with Gasteiger partial charge in [0.05, 0.1) is 12.0 Å². The fourth-order valence-corrected chi connectivity index (χ4v) is 3.51. The van der Waals surface area contributed by atoms with Crippen LogP contribution in [0.1, 0.15) is 11.5 Å². The van der Waals surface area contributed by atoms with Crippen molar-refractivity contribution >= 4 is 23.6 Å². The van der Waals surface area contributed by atoms with E-state index in [-0.39, 0.29) is 5.91 Å². The molecule has 0 saturated heterocycles. The Labute approximate surface area is 167 Å². The van der Waals surface area contributed by atoms with Gasteiger partial charge in [-0.05, 0) is 23.8 Å². The summed E-state index contributed by atoms with van der Waals surface area (Å²) in [6.07, 6.45) is 3.31. The molecule has 142 valence electrons. The van der Waals surface area contributed by atoms with Crippen molar-refractivity contribution in [2.75, 3.05) is 5.32 Å². The lowest BCUT2D eigenvalue weighted by Gasteiger charge is -2.04. The molecular formula is C23H18N4O2. The zero-order valence-electron chi connectivity index (χ0n) is 15.7. The van der Waals surface area contributed by atoms with Gasteiger partial charge >= 0.3 is 0 Å². The average Bonchev–Trinajstić information content (AvgIpc) is 3.46. The summed E-state index contributed by atoms with van der Waals surface area (Å²) in [4.78, 5) is 17.1. The van der Waals surface area contributed by atoms with Crippen LogP contribution in [0.2, 0.25) is 0 Å². The second-order valence-corrected chi connectivity index (χ2v) is 6.90. The minimum absolute atomic E-state index is 0.0919. The first-order chi connectivity index (χ1) is 14.2. The second-order valence-electron chi connectivity index (χ2n) is 6.90. The zero-order valence-corrected chi connectivity index (χ0v) is 15.7. The standard InChI is InChI=1S/C23H18N4O2/c1-27-22(13-19(26-27)15-6-3-2-4-7-15)24-14-18-17-10-9-16(21-8-5-11-29-21)12-20(17)25-23(18)28/h2-14,18H,1H3,(H,25,28). The number of fused-ring (bicyclic) bond motifs is 1. The molecule has 2 aromatic heterocycles. The molecular weight excluding hydrogens is 364 g/mol. The van der Waals surface area contributed by atoms with Crippen molar-refractivity contribution < 1.29 is 9.21 Å². The Bertz CT molecular complexity index is 1210.